The van der Waals surface area contributed by atoms with Gasteiger partial charge in [0.2, 0.25) is 0 Å². The quantitative estimate of drug-likeness (QED) is 0.400. The van der Waals surface area contributed by atoms with Crippen molar-refractivity contribution >= 4 is 34.4 Å². The first kappa shape index (κ1) is 22.3. The van der Waals surface area contributed by atoms with Gasteiger partial charge in [0.15, 0.2) is 5.82 Å². The van der Waals surface area contributed by atoms with E-state index >= 15 is 0 Å². The largest absolute Gasteiger partial charge is 0.383 e. The number of fused-ring (bicyclic) bond motifs is 1. The molecule has 0 bridgehead atoms. The summed E-state index contributed by atoms with van der Waals surface area (Å²) in [7, 11) is 1.66. The Balaban J connectivity index is 1.51. The van der Waals surface area contributed by atoms with Crippen LogP contribution < -0.4 is 16.4 Å². The fourth-order valence-electron chi connectivity index (χ4n) is 3.43. The molecule has 4 rings (SSSR count). The summed E-state index contributed by atoms with van der Waals surface area (Å²) in [6.07, 6.45) is 3.44. The highest BCUT2D eigenvalue weighted by Crippen LogP contribution is 2.33. The van der Waals surface area contributed by atoms with Crippen LogP contribution in [0.2, 0.25) is 0 Å². The molecule has 172 valence electrons. The number of nitrogens with two attached hydrogens (primary N) is 1. The van der Waals surface area contributed by atoms with Gasteiger partial charge in [-0.1, -0.05) is 38.1 Å². The van der Waals surface area contributed by atoms with E-state index in [1.54, 1.807) is 13.2 Å². The van der Waals surface area contributed by atoms with Crippen molar-refractivity contribution in [1.82, 2.24) is 19.7 Å². The Morgan fingerprint density at radius 3 is 2.61 bits per heavy atom. The highest BCUT2D eigenvalue weighted by molar-refractivity contribution is 6.02. The SMILES string of the molecule is COCCn1cc(-c2ccc(NC(=O)Nc3cc(C(C)(C)C)on3)cc2)c2c(N)ncnc21. The first-order valence-electron chi connectivity index (χ1n) is 10.5. The third-order valence-corrected chi connectivity index (χ3v) is 5.16. The predicted octanol–water partition coefficient (Wildman–Crippen LogP) is 4.26. The van der Waals surface area contributed by atoms with Crippen molar-refractivity contribution < 1.29 is 14.1 Å². The van der Waals surface area contributed by atoms with Crippen LogP contribution in [0.25, 0.3) is 22.2 Å². The van der Waals surface area contributed by atoms with Crippen LogP contribution in [-0.2, 0) is 16.7 Å². The molecule has 3 aromatic heterocycles. The summed E-state index contributed by atoms with van der Waals surface area (Å²) in [5, 5.41) is 10.2. The number of anilines is 3. The van der Waals surface area contributed by atoms with E-state index in [-0.39, 0.29) is 5.41 Å². The molecule has 3 heterocycles. The summed E-state index contributed by atoms with van der Waals surface area (Å²) in [5.41, 5.74) is 9.18. The van der Waals surface area contributed by atoms with Crippen molar-refractivity contribution in [2.24, 2.45) is 0 Å². The van der Waals surface area contributed by atoms with Crippen molar-refractivity contribution in [2.45, 2.75) is 32.7 Å². The predicted molar refractivity (Wildman–Crippen MR) is 127 cm³/mol. The summed E-state index contributed by atoms with van der Waals surface area (Å²) in [6.45, 7) is 7.21. The number of ether oxygens (including phenoxy) is 1. The van der Waals surface area contributed by atoms with Crippen molar-refractivity contribution in [3.05, 3.63) is 48.6 Å². The second-order valence-electron chi connectivity index (χ2n) is 8.67. The summed E-state index contributed by atoms with van der Waals surface area (Å²) >= 11 is 0. The lowest BCUT2D eigenvalue weighted by molar-refractivity contribution is 0.188. The number of carbonyl (C=O) groups is 1. The lowest BCUT2D eigenvalue weighted by atomic mass is 9.93. The van der Waals surface area contributed by atoms with Gasteiger partial charge >= 0.3 is 6.03 Å². The average Bonchev–Trinajstić information content (AvgIpc) is 3.38. The van der Waals surface area contributed by atoms with Crippen LogP contribution in [-0.4, -0.2) is 39.4 Å². The topological polar surface area (TPSA) is 133 Å². The first-order chi connectivity index (χ1) is 15.8. The molecule has 0 saturated carbocycles. The number of carbonyl (C=O) groups excluding carboxylic acids is 1. The number of nitrogens with zero attached hydrogens (tertiary/aromatic N) is 4. The molecule has 0 spiro atoms. The molecule has 0 aliphatic rings. The van der Waals surface area contributed by atoms with Crippen molar-refractivity contribution in [3.8, 4) is 11.1 Å². The maximum Gasteiger partial charge on any atom is 0.324 e. The summed E-state index contributed by atoms with van der Waals surface area (Å²) in [6, 6.07) is 8.75. The molecule has 4 aromatic rings. The zero-order chi connectivity index (χ0) is 23.6. The van der Waals surface area contributed by atoms with E-state index < -0.39 is 6.03 Å². The monoisotopic (exact) mass is 449 g/mol. The van der Waals surface area contributed by atoms with E-state index in [4.69, 9.17) is 15.0 Å². The van der Waals surface area contributed by atoms with E-state index in [0.29, 0.717) is 36.2 Å². The maximum atomic E-state index is 12.4. The molecule has 0 aliphatic carbocycles. The van der Waals surface area contributed by atoms with Gasteiger partial charge < -0.3 is 24.9 Å². The number of nitrogen functional groups attached to an aromatic ring is 1. The number of hydrogen-bond donors (Lipinski definition) is 3. The number of amides is 2. The zero-order valence-electron chi connectivity index (χ0n) is 19.0. The molecule has 0 atom stereocenters. The fourth-order valence-corrected chi connectivity index (χ4v) is 3.43. The third-order valence-electron chi connectivity index (χ3n) is 5.16. The molecule has 2 amide bonds. The summed E-state index contributed by atoms with van der Waals surface area (Å²) in [5.74, 6) is 1.46. The first-order valence-corrected chi connectivity index (χ1v) is 10.5. The Hall–Kier alpha value is -3.92. The minimum absolute atomic E-state index is 0.194. The Labute approximate surface area is 191 Å². The molecule has 10 nitrogen and oxygen atoms in total. The highest BCUT2D eigenvalue weighted by atomic mass is 16.5. The van der Waals surface area contributed by atoms with E-state index in [0.717, 1.165) is 22.2 Å². The summed E-state index contributed by atoms with van der Waals surface area (Å²) < 4.78 is 12.5. The van der Waals surface area contributed by atoms with Crippen LogP contribution in [0.1, 0.15) is 26.5 Å². The second-order valence-corrected chi connectivity index (χ2v) is 8.67. The van der Waals surface area contributed by atoms with Gasteiger partial charge in [-0.25, -0.2) is 14.8 Å². The van der Waals surface area contributed by atoms with Crippen LogP contribution >= 0.6 is 0 Å². The van der Waals surface area contributed by atoms with Gasteiger partial charge in [-0.2, -0.15) is 0 Å². The van der Waals surface area contributed by atoms with Crippen LogP contribution in [0, 0.1) is 0 Å². The number of nitrogens with one attached hydrogen (secondary N) is 2. The Kier molecular flexibility index (Phi) is 6.01. The minimum Gasteiger partial charge on any atom is -0.383 e. The van der Waals surface area contributed by atoms with E-state index in [1.807, 2.05) is 55.8 Å². The van der Waals surface area contributed by atoms with Gasteiger partial charge in [-0.15, -0.1) is 0 Å². The number of benzene rings is 1. The zero-order valence-corrected chi connectivity index (χ0v) is 19.0. The molecule has 4 N–H and O–H groups in total. The minimum atomic E-state index is -0.412. The van der Waals surface area contributed by atoms with Gasteiger partial charge in [-0.3, -0.25) is 5.32 Å². The number of methoxy groups -OCH3 is 1. The lowest BCUT2D eigenvalue weighted by Gasteiger charge is -2.12. The van der Waals surface area contributed by atoms with Crippen LogP contribution in [0.3, 0.4) is 0 Å². The average molecular weight is 450 g/mol. The van der Waals surface area contributed by atoms with Gasteiger partial charge in [-0.05, 0) is 17.7 Å². The Morgan fingerprint density at radius 2 is 1.94 bits per heavy atom. The van der Waals surface area contributed by atoms with Crippen molar-refractivity contribution in [2.75, 3.05) is 30.1 Å². The molecular weight excluding hydrogens is 422 g/mol. The molecule has 33 heavy (non-hydrogen) atoms. The molecule has 0 saturated heterocycles. The Morgan fingerprint density at radius 1 is 1.18 bits per heavy atom. The number of hydrogen-bond acceptors (Lipinski definition) is 7. The second kappa shape index (κ2) is 8.91. The number of urea groups is 1. The van der Waals surface area contributed by atoms with E-state index in [9.17, 15) is 4.79 Å². The highest BCUT2D eigenvalue weighted by Gasteiger charge is 2.20. The molecule has 0 aliphatic heterocycles. The molecule has 0 unspecified atom stereocenters. The normalized spacial score (nSPS) is 11.6. The number of rotatable bonds is 6. The van der Waals surface area contributed by atoms with Gasteiger partial charge in [0.25, 0.3) is 0 Å². The van der Waals surface area contributed by atoms with Crippen molar-refractivity contribution in [3.63, 3.8) is 0 Å². The molecular formula is C23H27N7O3. The van der Waals surface area contributed by atoms with Gasteiger partial charge in [0.05, 0.1) is 12.0 Å². The Bertz CT molecular complexity index is 1270. The molecule has 1 aromatic carbocycles. The van der Waals surface area contributed by atoms with E-state index in [1.165, 1.54) is 6.33 Å². The fraction of sp³-hybridized carbons (Fsp3) is 0.304. The maximum absolute atomic E-state index is 12.4. The standard InChI is InChI=1S/C23H27N7O3/c1-23(2,3)17-11-18(29-33-17)28-22(31)27-15-7-5-14(6-8-15)16-12-30(9-10-32-4)21-19(16)20(24)25-13-26-21/h5-8,11-13H,9-10H2,1-4H3,(H2,24,25,26)(H2,27,28,29,31). The molecule has 10 heteroatoms. The smallest absolute Gasteiger partial charge is 0.324 e. The van der Waals surface area contributed by atoms with Gasteiger partial charge in [0.1, 0.15) is 23.6 Å². The van der Waals surface area contributed by atoms with Gasteiger partial charge in [0, 0.05) is 42.6 Å². The number of aromatic nitrogens is 4. The molecule has 0 radical (unpaired) electrons. The lowest BCUT2D eigenvalue weighted by Crippen LogP contribution is -2.19. The van der Waals surface area contributed by atoms with Crippen LogP contribution in [0.15, 0.2) is 47.4 Å². The van der Waals surface area contributed by atoms with E-state index in [2.05, 4.69) is 25.8 Å². The molecule has 0 fully saturated rings. The van der Waals surface area contributed by atoms with Crippen molar-refractivity contribution in [1.29, 1.82) is 0 Å². The summed E-state index contributed by atoms with van der Waals surface area (Å²) in [4.78, 5) is 20.9. The van der Waals surface area contributed by atoms with Crippen LogP contribution in [0.5, 0.6) is 0 Å². The third kappa shape index (κ3) is 4.80. The van der Waals surface area contributed by atoms with Crippen LogP contribution in [0.4, 0.5) is 22.1 Å².